The molecule has 1 aromatic heterocycles. The molecule has 0 aromatic carbocycles. The average Bonchev–Trinajstić information content (AvgIpc) is 2.97. The van der Waals surface area contributed by atoms with Crippen LogP contribution in [0.25, 0.3) is 0 Å². The molecular formula is C10H16N4O2. The molecule has 2 rings (SSSR count). The summed E-state index contributed by atoms with van der Waals surface area (Å²) in [6.07, 6.45) is 1.59. The standard InChI is InChI=1S/C10H16N4O2/c1-2-8-11-9(13-12-8)10(16)14-4-3-7(5-14)6-15/h7,15H,2-6H2,1H3,(H,11,12,13). The summed E-state index contributed by atoms with van der Waals surface area (Å²) < 4.78 is 0. The molecule has 0 aliphatic carbocycles. The van der Waals surface area contributed by atoms with Crippen molar-refractivity contribution in [2.45, 2.75) is 19.8 Å². The first-order chi connectivity index (χ1) is 7.74. The van der Waals surface area contributed by atoms with E-state index in [0.717, 1.165) is 18.7 Å². The summed E-state index contributed by atoms with van der Waals surface area (Å²) in [7, 11) is 0. The van der Waals surface area contributed by atoms with Crippen molar-refractivity contribution in [3.05, 3.63) is 11.6 Å². The second-order valence-electron chi connectivity index (χ2n) is 4.05. The predicted molar refractivity (Wildman–Crippen MR) is 56.9 cm³/mol. The number of aromatic amines is 1. The van der Waals surface area contributed by atoms with E-state index in [1.807, 2.05) is 6.92 Å². The van der Waals surface area contributed by atoms with Gasteiger partial charge in [-0.2, -0.15) is 0 Å². The Balaban J connectivity index is 2.02. The van der Waals surface area contributed by atoms with Gasteiger partial charge in [0.15, 0.2) is 0 Å². The van der Waals surface area contributed by atoms with Crippen molar-refractivity contribution in [1.82, 2.24) is 20.1 Å². The van der Waals surface area contributed by atoms with E-state index in [2.05, 4.69) is 15.2 Å². The number of H-pyrrole nitrogens is 1. The summed E-state index contributed by atoms with van der Waals surface area (Å²) in [5.74, 6) is 1.01. The average molecular weight is 224 g/mol. The molecule has 1 unspecified atom stereocenters. The lowest BCUT2D eigenvalue weighted by Crippen LogP contribution is -2.30. The highest BCUT2D eigenvalue weighted by Crippen LogP contribution is 2.16. The summed E-state index contributed by atoms with van der Waals surface area (Å²) in [5.41, 5.74) is 0. The van der Waals surface area contributed by atoms with Crippen molar-refractivity contribution in [2.75, 3.05) is 19.7 Å². The molecule has 1 amide bonds. The van der Waals surface area contributed by atoms with Crippen molar-refractivity contribution in [3.63, 3.8) is 0 Å². The summed E-state index contributed by atoms with van der Waals surface area (Å²) in [6.45, 7) is 3.37. The molecule has 1 aliphatic rings. The Bertz CT molecular complexity index is 377. The number of carbonyl (C=O) groups is 1. The van der Waals surface area contributed by atoms with E-state index >= 15 is 0 Å². The van der Waals surface area contributed by atoms with Crippen LogP contribution in [0.15, 0.2) is 0 Å². The van der Waals surface area contributed by atoms with E-state index in [9.17, 15) is 4.79 Å². The number of aryl methyl sites for hydroxylation is 1. The normalized spacial score (nSPS) is 20.4. The Morgan fingerprint density at radius 2 is 2.50 bits per heavy atom. The van der Waals surface area contributed by atoms with Crippen molar-refractivity contribution >= 4 is 5.91 Å². The number of amides is 1. The van der Waals surface area contributed by atoms with E-state index in [1.54, 1.807) is 4.90 Å². The number of likely N-dealkylation sites (tertiary alicyclic amines) is 1. The Morgan fingerprint density at radius 1 is 1.69 bits per heavy atom. The summed E-state index contributed by atoms with van der Waals surface area (Å²) in [6, 6.07) is 0. The minimum atomic E-state index is -0.146. The van der Waals surface area contributed by atoms with Gasteiger partial charge in [-0.05, 0) is 6.42 Å². The van der Waals surface area contributed by atoms with Crippen LogP contribution in [0.3, 0.4) is 0 Å². The van der Waals surface area contributed by atoms with Crippen LogP contribution in [0.1, 0.15) is 29.8 Å². The van der Waals surface area contributed by atoms with Crippen LogP contribution in [0.2, 0.25) is 0 Å². The molecule has 2 N–H and O–H groups in total. The van der Waals surface area contributed by atoms with Crippen molar-refractivity contribution in [2.24, 2.45) is 5.92 Å². The molecule has 1 atom stereocenters. The summed E-state index contributed by atoms with van der Waals surface area (Å²) in [4.78, 5) is 17.7. The van der Waals surface area contributed by atoms with Gasteiger partial charge in [0.25, 0.3) is 5.91 Å². The van der Waals surface area contributed by atoms with Gasteiger partial charge in [0.2, 0.25) is 5.82 Å². The van der Waals surface area contributed by atoms with Crippen LogP contribution in [0.4, 0.5) is 0 Å². The maximum absolute atomic E-state index is 11.9. The monoisotopic (exact) mass is 224 g/mol. The van der Waals surface area contributed by atoms with Gasteiger partial charge >= 0.3 is 0 Å². The quantitative estimate of drug-likeness (QED) is 0.746. The second kappa shape index (κ2) is 4.61. The van der Waals surface area contributed by atoms with Crippen LogP contribution in [-0.2, 0) is 6.42 Å². The SMILES string of the molecule is CCc1nc(C(=O)N2CCC(CO)C2)n[nH]1. The van der Waals surface area contributed by atoms with Gasteiger partial charge in [0, 0.05) is 32.0 Å². The number of rotatable bonds is 3. The molecule has 2 heterocycles. The predicted octanol–water partition coefficient (Wildman–Crippen LogP) is -0.179. The highest BCUT2D eigenvalue weighted by atomic mass is 16.3. The van der Waals surface area contributed by atoms with Gasteiger partial charge in [-0.15, -0.1) is 5.10 Å². The van der Waals surface area contributed by atoms with Gasteiger partial charge in [-0.1, -0.05) is 6.92 Å². The first kappa shape index (κ1) is 11.1. The largest absolute Gasteiger partial charge is 0.396 e. The summed E-state index contributed by atoms with van der Waals surface area (Å²) in [5, 5.41) is 15.6. The molecule has 6 heteroatoms. The third-order valence-corrected chi connectivity index (χ3v) is 2.89. The highest BCUT2D eigenvalue weighted by Gasteiger charge is 2.28. The Labute approximate surface area is 93.7 Å². The maximum Gasteiger partial charge on any atom is 0.293 e. The van der Waals surface area contributed by atoms with E-state index < -0.39 is 0 Å². The zero-order valence-electron chi connectivity index (χ0n) is 9.31. The van der Waals surface area contributed by atoms with Gasteiger partial charge in [-0.3, -0.25) is 9.89 Å². The van der Waals surface area contributed by atoms with E-state index in [-0.39, 0.29) is 24.3 Å². The number of aromatic nitrogens is 3. The minimum Gasteiger partial charge on any atom is -0.396 e. The zero-order chi connectivity index (χ0) is 11.5. The lowest BCUT2D eigenvalue weighted by molar-refractivity contribution is 0.0770. The maximum atomic E-state index is 11.9. The number of nitrogens with one attached hydrogen (secondary N) is 1. The zero-order valence-corrected chi connectivity index (χ0v) is 9.31. The number of hydrogen-bond acceptors (Lipinski definition) is 4. The fourth-order valence-electron chi connectivity index (χ4n) is 1.86. The van der Waals surface area contributed by atoms with Crippen LogP contribution >= 0.6 is 0 Å². The molecule has 88 valence electrons. The third kappa shape index (κ3) is 2.06. The van der Waals surface area contributed by atoms with E-state index in [4.69, 9.17) is 5.11 Å². The molecule has 1 aromatic rings. The fraction of sp³-hybridized carbons (Fsp3) is 0.700. The molecule has 0 radical (unpaired) electrons. The van der Waals surface area contributed by atoms with Gasteiger partial charge in [0.1, 0.15) is 5.82 Å². The first-order valence-electron chi connectivity index (χ1n) is 5.56. The molecule has 6 nitrogen and oxygen atoms in total. The Kier molecular flexibility index (Phi) is 3.19. The molecule has 0 saturated carbocycles. The Morgan fingerprint density at radius 3 is 3.06 bits per heavy atom. The molecule has 1 fully saturated rings. The Hall–Kier alpha value is -1.43. The van der Waals surface area contributed by atoms with E-state index in [1.165, 1.54) is 0 Å². The van der Waals surface area contributed by atoms with Crippen LogP contribution in [0.5, 0.6) is 0 Å². The number of nitrogens with zero attached hydrogens (tertiary/aromatic N) is 3. The van der Waals surface area contributed by atoms with Crippen LogP contribution < -0.4 is 0 Å². The number of aliphatic hydroxyl groups is 1. The van der Waals surface area contributed by atoms with Gasteiger partial charge < -0.3 is 10.0 Å². The lowest BCUT2D eigenvalue weighted by Gasteiger charge is -2.13. The lowest BCUT2D eigenvalue weighted by atomic mass is 10.1. The highest BCUT2D eigenvalue weighted by molar-refractivity contribution is 5.90. The van der Waals surface area contributed by atoms with Gasteiger partial charge in [0.05, 0.1) is 0 Å². The molecule has 1 aliphatic heterocycles. The molecular weight excluding hydrogens is 208 g/mol. The number of hydrogen-bond donors (Lipinski definition) is 2. The van der Waals surface area contributed by atoms with Gasteiger partial charge in [-0.25, -0.2) is 4.98 Å². The topological polar surface area (TPSA) is 82.1 Å². The number of aliphatic hydroxyl groups excluding tert-OH is 1. The van der Waals surface area contributed by atoms with Crippen molar-refractivity contribution < 1.29 is 9.90 Å². The molecule has 1 saturated heterocycles. The first-order valence-corrected chi connectivity index (χ1v) is 5.56. The minimum absolute atomic E-state index is 0.137. The smallest absolute Gasteiger partial charge is 0.293 e. The second-order valence-corrected chi connectivity index (χ2v) is 4.05. The van der Waals surface area contributed by atoms with Crippen LogP contribution in [0, 0.1) is 5.92 Å². The third-order valence-electron chi connectivity index (χ3n) is 2.89. The van der Waals surface area contributed by atoms with E-state index in [0.29, 0.717) is 13.1 Å². The van der Waals surface area contributed by atoms with Crippen molar-refractivity contribution in [1.29, 1.82) is 0 Å². The fourth-order valence-corrected chi connectivity index (χ4v) is 1.86. The summed E-state index contributed by atoms with van der Waals surface area (Å²) >= 11 is 0. The number of carbonyl (C=O) groups excluding carboxylic acids is 1. The molecule has 0 spiro atoms. The van der Waals surface area contributed by atoms with Crippen LogP contribution in [-0.4, -0.2) is 50.8 Å². The van der Waals surface area contributed by atoms with Crippen molar-refractivity contribution in [3.8, 4) is 0 Å². The molecule has 0 bridgehead atoms. The molecule has 16 heavy (non-hydrogen) atoms.